The minimum atomic E-state index is 0. The van der Waals surface area contributed by atoms with E-state index in [1.807, 2.05) is 30.3 Å². The summed E-state index contributed by atoms with van der Waals surface area (Å²) in [5.41, 5.74) is 8.38. The lowest BCUT2D eigenvalue weighted by Crippen LogP contribution is -2.38. The SMILES string of the molecule is COc1ccc(C2(CN=C(N)Nc3ccc4c(c3)OCCCO4)CCC2)cc1.I. The number of aliphatic imine (C=N–C) groups is 1. The molecular weight excluding hydrogens is 481 g/mol. The second kappa shape index (κ2) is 9.56. The molecule has 1 aliphatic carbocycles. The van der Waals surface area contributed by atoms with Gasteiger partial charge < -0.3 is 25.3 Å². The molecule has 2 aliphatic rings. The average Bonchev–Trinajstić information content (AvgIpc) is 2.92. The van der Waals surface area contributed by atoms with E-state index < -0.39 is 0 Å². The van der Waals surface area contributed by atoms with Gasteiger partial charge in [-0.3, -0.25) is 4.99 Å². The molecule has 2 aromatic rings. The number of nitrogens with two attached hydrogens (primary N) is 1. The van der Waals surface area contributed by atoms with Gasteiger partial charge in [0.1, 0.15) is 5.75 Å². The third-order valence-electron chi connectivity index (χ3n) is 5.59. The summed E-state index contributed by atoms with van der Waals surface area (Å²) in [5.74, 6) is 2.79. The molecule has 0 unspecified atom stereocenters. The Balaban J connectivity index is 0.00000240. The van der Waals surface area contributed by atoms with Crippen LogP contribution in [0.4, 0.5) is 5.69 Å². The number of nitrogens with zero attached hydrogens (tertiary/aromatic N) is 1. The van der Waals surface area contributed by atoms with Crippen LogP contribution in [0.3, 0.4) is 0 Å². The van der Waals surface area contributed by atoms with E-state index in [9.17, 15) is 0 Å². The van der Waals surface area contributed by atoms with Crippen LogP contribution in [0.25, 0.3) is 0 Å². The number of guanidine groups is 1. The second-order valence-corrected chi connectivity index (χ2v) is 7.40. The smallest absolute Gasteiger partial charge is 0.193 e. The van der Waals surface area contributed by atoms with Crippen LogP contribution in [-0.4, -0.2) is 32.8 Å². The molecule has 1 heterocycles. The first-order chi connectivity index (χ1) is 13.7. The van der Waals surface area contributed by atoms with E-state index in [0.29, 0.717) is 25.7 Å². The monoisotopic (exact) mass is 509 g/mol. The number of hydrogen-bond donors (Lipinski definition) is 2. The first kappa shape index (κ1) is 21.5. The zero-order valence-corrected chi connectivity index (χ0v) is 19.0. The normalized spacial score (nSPS) is 17.3. The van der Waals surface area contributed by atoms with Crippen molar-refractivity contribution in [1.29, 1.82) is 0 Å². The summed E-state index contributed by atoms with van der Waals surface area (Å²) in [6.07, 6.45) is 4.35. The van der Waals surface area contributed by atoms with E-state index in [2.05, 4.69) is 22.4 Å². The van der Waals surface area contributed by atoms with Gasteiger partial charge in [-0.2, -0.15) is 0 Å². The summed E-state index contributed by atoms with van der Waals surface area (Å²) >= 11 is 0. The van der Waals surface area contributed by atoms with Crippen LogP contribution in [-0.2, 0) is 5.41 Å². The number of methoxy groups -OCH3 is 1. The molecule has 0 saturated heterocycles. The highest BCUT2D eigenvalue weighted by molar-refractivity contribution is 14.0. The highest BCUT2D eigenvalue weighted by Gasteiger charge is 2.38. The van der Waals surface area contributed by atoms with Crippen LogP contribution >= 0.6 is 24.0 Å². The Morgan fingerprint density at radius 3 is 2.45 bits per heavy atom. The standard InChI is InChI=1S/C22H27N3O3.HI/c1-26-18-7-4-16(5-8-18)22(10-2-11-22)15-24-21(23)25-17-6-9-19-20(14-17)28-13-3-12-27-19;/h4-9,14H,2-3,10-13,15H2,1H3,(H3,23,24,25);1H. The number of fused-ring (bicyclic) bond motifs is 1. The summed E-state index contributed by atoms with van der Waals surface area (Å²) in [7, 11) is 1.68. The third-order valence-corrected chi connectivity index (χ3v) is 5.59. The van der Waals surface area contributed by atoms with Gasteiger partial charge in [0.05, 0.1) is 26.9 Å². The Morgan fingerprint density at radius 1 is 1.07 bits per heavy atom. The summed E-state index contributed by atoms with van der Waals surface area (Å²) in [6, 6.07) is 14.0. The minimum absolute atomic E-state index is 0. The Bertz CT molecular complexity index is 851. The first-order valence-corrected chi connectivity index (χ1v) is 9.80. The highest BCUT2D eigenvalue weighted by atomic mass is 127. The third kappa shape index (κ3) is 4.88. The van der Waals surface area contributed by atoms with Crippen LogP contribution in [0.1, 0.15) is 31.2 Å². The summed E-state index contributed by atoms with van der Waals surface area (Å²) < 4.78 is 16.7. The fraction of sp³-hybridized carbons (Fsp3) is 0.409. The Morgan fingerprint density at radius 2 is 1.79 bits per heavy atom. The van der Waals surface area contributed by atoms with Crippen molar-refractivity contribution in [3.8, 4) is 17.2 Å². The van der Waals surface area contributed by atoms with Gasteiger partial charge in [-0.05, 0) is 42.7 Å². The van der Waals surface area contributed by atoms with Crippen molar-refractivity contribution in [1.82, 2.24) is 0 Å². The van der Waals surface area contributed by atoms with Crippen LogP contribution in [0, 0.1) is 0 Å². The maximum absolute atomic E-state index is 6.17. The van der Waals surface area contributed by atoms with Gasteiger partial charge in [0.25, 0.3) is 0 Å². The topological polar surface area (TPSA) is 78.1 Å². The predicted octanol–water partition coefficient (Wildman–Crippen LogP) is 4.32. The molecule has 2 aromatic carbocycles. The van der Waals surface area contributed by atoms with E-state index >= 15 is 0 Å². The fourth-order valence-corrected chi connectivity index (χ4v) is 3.75. The molecule has 0 bridgehead atoms. The number of anilines is 1. The van der Waals surface area contributed by atoms with Crippen molar-refractivity contribution < 1.29 is 14.2 Å². The van der Waals surface area contributed by atoms with Gasteiger partial charge in [0.15, 0.2) is 17.5 Å². The summed E-state index contributed by atoms with van der Waals surface area (Å²) in [6.45, 7) is 2.00. The molecule has 1 saturated carbocycles. The van der Waals surface area contributed by atoms with Gasteiger partial charge >= 0.3 is 0 Å². The molecule has 4 rings (SSSR count). The number of rotatable bonds is 5. The molecule has 156 valence electrons. The summed E-state index contributed by atoms with van der Waals surface area (Å²) in [4.78, 5) is 4.64. The molecule has 1 fully saturated rings. The van der Waals surface area contributed by atoms with E-state index in [4.69, 9.17) is 19.9 Å². The highest BCUT2D eigenvalue weighted by Crippen LogP contribution is 2.44. The maximum Gasteiger partial charge on any atom is 0.193 e. The molecule has 0 radical (unpaired) electrons. The molecule has 3 N–H and O–H groups in total. The van der Waals surface area contributed by atoms with Crippen molar-refractivity contribution in [3.05, 3.63) is 48.0 Å². The molecule has 29 heavy (non-hydrogen) atoms. The van der Waals surface area contributed by atoms with Crippen molar-refractivity contribution >= 4 is 35.6 Å². The Labute approximate surface area is 188 Å². The van der Waals surface area contributed by atoms with E-state index in [1.54, 1.807) is 7.11 Å². The molecule has 0 amide bonds. The molecule has 1 aliphatic heterocycles. The van der Waals surface area contributed by atoms with Crippen molar-refractivity contribution in [2.45, 2.75) is 31.1 Å². The lowest BCUT2D eigenvalue weighted by atomic mass is 9.64. The predicted molar refractivity (Wildman–Crippen MR) is 126 cm³/mol. The van der Waals surface area contributed by atoms with Gasteiger partial charge in [-0.1, -0.05) is 18.6 Å². The lowest BCUT2D eigenvalue weighted by molar-refractivity contribution is 0.253. The van der Waals surface area contributed by atoms with Gasteiger partial charge in [0, 0.05) is 23.6 Å². The number of ether oxygens (including phenoxy) is 3. The first-order valence-electron chi connectivity index (χ1n) is 9.80. The van der Waals surface area contributed by atoms with Gasteiger partial charge in [-0.25, -0.2) is 0 Å². The molecule has 0 aromatic heterocycles. The molecule has 7 heteroatoms. The number of hydrogen-bond acceptors (Lipinski definition) is 4. The number of benzene rings is 2. The van der Waals surface area contributed by atoms with Crippen molar-refractivity contribution in [3.63, 3.8) is 0 Å². The van der Waals surface area contributed by atoms with Crippen LogP contribution in [0.5, 0.6) is 17.2 Å². The number of halogens is 1. The fourth-order valence-electron chi connectivity index (χ4n) is 3.75. The average molecular weight is 509 g/mol. The van der Waals surface area contributed by atoms with Crippen LogP contribution < -0.4 is 25.3 Å². The number of nitrogens with one attached hydrogen (secondary N) is 1. The van der Waals surface area contributed by atoms with Crippen molar-refractivity contribution in [2.75, 3.05) is 32.2 Å². The lowest BCUT2D eigenvalue weighted by Gasteiger charge is -2.41. The van der Waals surface area contributed by atoms with E-state index in [0.717, 1.165) is 42.2 Å². The van der Waals surface area contributed by atoms with Crippen LogP contribution in [0.15, 0.2) is 47.5 Å². The zero-order valence-electron chi connectivity index (χ0n) is 16.6. The Hall–Kier alpha value is -2.16. The quantitative estimate of drug-likeness (QED) is 0.357. The zero-order chi connectivity index (χ0) is 19.4. The van der Waals surface area contributed by atoms with E-state index in [-0.39, 0.29) is 29.4 Å². The molecule has 6 nitrogen and oxygen atoms in total. The largest absolute Gasteiger partial charge is 0.497 e. The summed E-state index contributed by atoms with van der Waals surface area (Å²) in [5, 5.41) is 3.18. The molecular formula is C22H28IN3O3. The molecule has 0 atom stereocenters. The maximum atomic E-state index is 6.17. The molecule has 0 spiro atoms. The van der Waals surface area contributed by atoms with Gasteiger partial charge in [-0.15, -0.1) is 24.0 Å². The minimum Gasteiger partial charge on any atom is -0.497 e. The van der Waals surface area contributed by atoms with Crippen molar-refractivity contribution in [2.24, 2.45) is 10.7 Å². The van der Waals surface area contributed by atoms with Crippen LogP contribution in [0.2, 0.25) is 0 Å². The Kier molecular flexibility index (Phi) is 7.10. The van der Waals surface area contributed by atoms with Gasteiger partial charge in [0.2, 0.25) is 0 Å². The van der Waals surface area contributed by atoms with E-state index in [1.165, 1.54) is 12.0 Å². The second-order valence-electron chi connectivity index (χ2n) is 7.40.